The summed E-state index contributed by atoms with van der Waals surface area (Å²) in [5.41, 5.74) is 7.56. The van der Waals surface area contributed by atoms with Gasteiger partial charge in [0.05, 0.1) is 17.8 Å². The first-order valence-corrected chi connectivity index (χ1v) is 15.4. The first kappa shape index (κ1) is 27.4. The molecular weight excluding hydrogens is 491 g/mol. The summed E-state index contributed by atoms with van der Waals surface area (Å²) in [5.74, 6) is 1.03. The lowest BCUT2D eigenvalue weighted by molar-refractivity contribution is 0.0180. The van der Waals surface area contributed by atoms with Crippen LogP contribution in [0.25, 0.3) is 0 Å². The van der Waals surface area contributed by atoms with Gasteiger partial charge in [0, 0.05) is 19.2 Å². The van der Waals surface area contributed by atoms with Crippen molar-refractivity contribution >= 4 is 14.0 Å². The predicted molar refractivity (Wildman–Crippen MR) is 157 cm³/mol. The summed E-state index contributed by atoms with van der Waals surface area (Å²) in [4.78, 5) is 8.42. The molecule has 3 aliphatic rings. The molecule has 0 bridgehead atoms. The maximum Gasteiger partial charge on any atom is 0.173 e. The summed E-state index contributed by atoms with van der Waals surface area (Å²) < 4.78 is 5.38. The quantitative estimate of drug-likeness (QED) is 0.251. The molecule has 0 radical (unpaired) electrons. The number of oxime groups is 1. The highest BCUT2D eigenvalue weighted by atomic mass is 31.1. The number of ether oxygens (including phenoxy) is 1. The van der Waals surface area contributed by atoms with E-state index in [4.69, 9.17) is 9.57 Å². The van der Waals surface area contributed by atoms with Crippen molar-refractivity contribution in [2.24, 2.45) is 10.6 Å². The lowest BCUT2D eigenvalue weighted by Gasteiger charge is -2.40. The Bertz CT molecular complexity index is 1130. The minimum Gasteiger partial charge on any atom is -0.512 e. The van der Waals surface area contributed by atoms with Crippen LogP contribution in [0.3, 0.4) is 0 Å². The van der Waals surface area contributed by atoms with Gasteiger partial charge in [0.2, 0.25) is 0 Å². The lowest BCUT2D eigenvalue weighted by atomic mass is 9.77. The smallest absolute Gasteiger partial charge is 0.173 e. The summed E-state index contributed by atoms with van der Waals surface area (Å²) in [5, 5.41) is 14.7. The number of methoxy groups -OCH3 is 1. The Hall–Kier alpha value is -2.20. The highest BCUT2D eigenvalue weighted by Gasteiger charge is 2.37. The number of likely N-dealkylation sites (tertiary alicyclic amines) is 1. The minimum atomic E-state index is -0.304. The zero-order chi connectivity index (χ0) is 26.5. The number of rotatable bonds is 10. The van der Waals surface area contributed by atoms with Gasteiger partial charge in [0.15, 0.2) is 5.85 Å². The van der Waals surface area contributed by atoms with Gasteiger partial charge in [0.1, 0.15) is 5.45 Å². The Labute approximate surface area is 230 Å². The number of aliphatic hydroxyl groups excluding tert-OH is 1. The second-order valence-electron chi connectivity index (χ2n) is 11.4. The zero-order valence-corrected chi connectivity index (χ0v) is 24.0. The molecule has 38 heavy (non-hydrogen) atoms. The Morgan fingerprint density at radius 3 is 2.55 bits per heavy atom. The summed E-state index contributed by atoms with van der Waals surface area (Å²) in [7, 11) is 2.21. The summed E-state index contributed by atoms with van der Waals surface area (Å²) in [6.45, 7) is 9.38. The van der Waals surface area contributed by atoms with E-state index >= 15 is 0 Å². The van der Waals surface area contributed by atoms with Gasteiger partial charge in [-0.25, -0.2) is 0 Å². The Balaban J connectivity index is 1.18. The second kappa shape index (κ2) is 12.3. The maximum atomic E-state index is 10.1. The van der Waals surface area contributed by atoms with Crippen molar-refractivity contribution < 1.29 is 14.7 Å². The van der Waals surface area contributed by atoms with Gasteiger partial charge < -0.3 is 14.7 Å². The number of benzene rings is 2. The number of piperidine rings is 1. The van der Waals surface area contributed by atoms with Crippen LogP contribution in [0.2, 0.25) is 0 Å². The fourth-order valence-corrected chi connectivity index (χ4v) is 7.57. The molecule has 2 aromatic rings. The molecule has 204 valence electrons. The van der Waals surface area contributed by atoms with Crippen molar-refractivity contribution in [1.82, 2.24) is 4.90 Å². The van der Waals surface area contributed by atoms with Gasteiger partial charge in [-0.1, -0.05) is 80.4 Å². The highest BCUT2D eigenvalue weighted by Crippen LogP contribution is 2.46. The molecule has 6 heteroatoms. The Morgan fingerprint density at radius 1 is 1.16 bits per heavy atom. The SMILES string of the molecule is C=C(O)C1(COC)CCN(Cc2ccc(C3=NOC(c4ccc(C5CCCC5)c(CCC)c4)P3)cc2)CC1. The van der Waals surface area contributed by atoms with Crippen molar-refractivity contribution in [3.8, 4) is 0 Å². The van der Waals surface area contributed by atoms with E-state index in [1.165, 1.54) is 48.8 Å². The summed E-state index contributed by atoms with van der Waals surface area (Å²) >= 11 is 0. The number of hydrogen-bond donors (Lipinski definition) is 1. The van der Waals surface area contributed by atoms with Crippen LogP contribution in [0.15, 0.2) is 60.0 Å². The Morgan fingerprint density at radius 2 is 1.89 bits per heavy atom. The third-order valence-corrected chi connectivity index (χ3v) is 10.1. The number of hydrogen-bond acceptors (Lipinski definition) is 5. The van der Waals surface area contributed by atoms with Gasteiger partial charge in [0.25, 0.3) is 0 Å². The molecule has 2 aliphatic heterocycles. The third-order valence-electron chi connectivity index (χ3n) is 8.78. The Kier molecular flexibility index (Phi) is 8.88. The number of aryl methyl sites for hydroxylation is 1. The second-order valence-corrected chi connectivity index (χ2v) is 12.7. The molecule has 2 unspecified atom stereocenters. The molecule has 0 amide bonds. The fraction of sp³-hybridized carbons (Fsp3) is 0.531. The summed E-state index contributed by atoms with van der Waals surface area (Å²) in [6, 6.07) is 15.9. The first-order valence-electron chi connectivity index (χ1n) is 14.3. The average molecular weight is 535 g/mol. The molecule has 1 saturated carbocycles. The van der Waals surface area contributed by atoms with Crippen LogP contribution in [-0.2, 0) is 22.5 Å². The van der Waals surface area contributed by atoms with Crippen LogP contribution >= 0.6 is 8.58 Å². The van der Waals surface area contributed by atoms with E-state index in [2.05, 4.69) is 66.0 Å². The normalized spacial score (nSPS) is 22.5. The zero-order valence-electron chi connectivity index (χ0n) is 23.0. The highest BCUT2D eigenvalue weighted by molar-refractivity contribution is 7.59. The van der Waals surface area contributed by atoms with E-state index in [0.717, 1.165) is 55.8 Å². The van der Waals surface area contributed by atoms with E-state index in [9.17, 15) is 5.11 Å². The molecule has 1 saturated heterocycles. The van der Waals surface area contributed by atoms with Gasteiger partial charge in [-0.3, -0.25) is 4.90 Å². The maximum absolute atomic E-state index is 10.1. The molecule has 2 heterocycles. The molecule has 2 fully saturated rings. The van der Waals surface area contributed by atoms with E-state index in [1.54, 1.807) is 12.7 Å². The topological polar surface area (TPSA) is 54.3 Å². The van der Waals surface area contributed by atoms with Gasteiger partial charge >= 0.3 is 0 Å². The van der Waals surface area contributed by atoms with Gasteiger partial charge in [-0.05, 0) is 81.9 Å². The fourth-order valence-electron chi connectivity index (χ4n) is 6.43. The molecule has 2 atom stereocenters. The van der Waals surface area contributed by atoms with Crippen LogP contribution in [0, 0.1) is 5.41 Å². The number of nitrogens with zero attached hydrogens (tertiary/aromatic N) is 2. The van der Waals surface area contributed by atoms with E-state index in [-0.39, 0.29) is 17.0 Å². The van der Waals surface area contributed by atoms with Crippen LogP contribution < -0.4 is 0 Å². The molecule has 1 aliphatic carbocycles. The van der Waals surface area contributed by atoms with E-state index in [1.807, 2.05) is 0 Å². The largest absolute Gasteiger partial charge is 0.512 e. The average Bonchev–Trinajstić information content (AvgIpc) is 3.64. The van der Waals surface area contributed by atoms with Crippen molar-refractivity contribution in [2.75, 3.05) is 26.8 Å². The van der Waals surface area contributed by atoms with Crippen LogP contribution in [0.1, 0.15) is 91.4 Å². The molecule has 2 aromatic carbocycles. The lowest BCUT2D eigenvalue weighted by Crippen LogP contribution is -2.43. The predicted octanol–water partition coefficient (Wildman–Crippen LogP) is 7.67. The van der Waals surface area contributed by atoms with Gasteiger partial charge in [-0.15, -0.1) is 0 Å². The standard InChI is InChI=1S/C32H43N2O3P/c1-4-7-27-20-28(14-15-29(27)25-8-5-6-9-25)31-37-33-30(38-31)26-12-10-24(11-13-26)21-34-18-16-32(17-19-34,22-36-3)23(2)35/h10-15,20,25,31,35,38H,2,4-9,16-19,21-22H2,1,3H3. The number of aliphatic hydroxyl groups is 1. The van der Waals surface area contributed by atoms with Crippen LogP contribution in [0.5, 0.6) is 0 Å². The molecule has 1 N–H and O–H groups in total. The molecule has 0 spiro atoms. The van der Waals surface area contributed by atoms with Crippen molar-refractivity contribution in [1.29, 1.82) is 0 Å². The molecule has 5 nitrogen and oxygen atoms in total. The van der Waals surface area contributed by atoms with Crippen LogP contribution in [-0.4, -0.2) is 42.3 Å². The monoisotopic (exact) mass is 534 g/mol. The van der Waals surface area contributed by atoms with Gasteiger partial charge in [-0.2, -0.15) is 0 Å². The van der Waals surface area contributed by atoms with Crippen molar-refractivity contribution in [3.05, 3.63) is 82.6 Å². The van der Waals surface area contributed by atoms with Crippen LogP contribution in [0.4, 0.5) is 0 Å². The van der Waals surface area contributed by atoms with E-state index < -0.39 is 0 Å². The van der Waals surface area contributed by atoms with Crippen molar-refractivity contribution in [3.63, 3.8) is 0 Å². The van der Waals surface area contributed by atoms with Crippen molar-refractivity contribution in [2.45, 2.75) is 76.6 Å². The minimum absolute atomic E-state index is 0.0277. The molecule has 0 aromatic heterocycles. The summed E-state index contributed by atoms with van der Waals surface area (Å²) in [6.07, 6.45) is 9.47. The molecular formula is C32H43N2O3P. The van der Waals surface area contributed by atoms with E-state index in [0.29, 0.717) is 15.2 Å². The molecule has 5 rings (SSSR count). The third kappa shape index (κ3) is 6.01. The first-order chi connectivity index (χ1) is 18.5.